The maximum atomic E-state index is 13.3. The molecule has 0 aliphatic rings. The van der Waals surface area contributed by atoms with E-state index in [1.54, 1.807) is 36.4 Å². The number of aryl methyl sites for hydroxylation is 2. The lowest BCUT2D eigenvalue weighted by atomic mass is 9.99. The van der Waals surface area contributed by atoms with Gasteiger partial charge in [-0.2, -0.15) is 0 Å². The minimum absolute atomic E-state index is 0.172. The third-order valence-electron chi connectivity index (χ3n) is 5.53. The molecule has 1 N–H and O–H groups in total. The Kier molecular flexibility index (Phi) is 8.90. The van der Waals surface area contributed by atoms with Gasteiger partial charge in [-0.05, 0) is 61.6 Å². The number of carbonyl (C=O) groups is 1. The zero-order valence-electron chi connectivity index (χ0n) is 18.5. The third kappa shape index (κ3) is 6.33. The minimum atomic E-state index is -3.86. The van der Waals surface area contributed by atoms with Crippen molar-refractivity contribution in [1.82, 2.24) is 5.32 Å². The Morgan fingerprint density at radius 3 is 2.33 bits per heavy atom. The van der Waals surface area contributed by atoms with Gasteiger partial charge in [0.1, 0.15) is 6.54 Å². The van der Waals surface area contributed by atoms with Gasteiger partial charge in [0.15, 0.2) is 0 Å². The standard InChI is InChI=1S/C24H34N2O3S/c1-5-7-11-21(6-2)17-25-24(27)18-26(22-15-14-19(3)20(4)16-22)30(28,29)23-12-9-8-10-13-23/h8-10,12-16,21H,5-7,11,17-18H2,1-4H3,(H,25,27)/t21-/m1/s1. The summed E-state index contributed by atoms with van der Waals surface area (Å²) in [5.74, 6) is 0.123. The maximum Gasteiger partial charge on any atom is 0.264 e. The molecule has 2 rings (SSSR count). The highest BCUT2D eigenvalue weighted by atomic mass is 32.2. The molecule has 164 valence electrons. The quantitative estimate of drug-likeness (QED) is 0.555. The van der Waals surface area contributed by atoms with Gasteiger partial charge in [-0.3, -0.25) is 9.10 Å². The molecule has 0 aliphatic carbocycles. The van der Waals surface area contributed by atoms with E-state index in [0.29, 0.717) is 18.2 Å². The SMILES string of the molecule is CCCC[C@@H](CC)CNC(=O)CN(c1ccc(C)c(C)c1)S(=O)(=O)c1ccccc1. The lowest BCUT2D eigenvalue weighted by Gasteiger charge is -2.25. The van der Waals surface area contributed by atoms with Gasteiger partial charge < -0.3 is 5.32 Å². The number of hydrogen-bond acceptors (Lipinski definition) is 3. The summed E-state index contributed by atoms with van der Waals surface area (Å²) in [6, 6.07) is 13.7. The van der Waals surface area contributed by atoms with Gasteiger partial charge in [0.05, 0.1) is 10.6 Å². The van der Waals surface area contributed by atoms with Crippen molar-refractivity contribution in [2.45, 2.75) is 58.3 Å². The monoisotopic (exact) mass is 430 g/mol. The van der Waals surface area contributed by atoms with Crippen LogP contribution in [0, 0.1) is 19.8 Å². The lowest BCUT2D eigenvalue weighted by molar-refractivity contribution is -0.119. The number of nitrogens with zero attached hydrogens (tertiary/aromatic N) is 1. The number of benzene rings is 2. The first-order valence-corrected chi connectivity index (χ1v) is 12.1. The number of unbranched alkanes of at least 4 members (excludes halogenated alkanes) is 1. The Bertz CT molecular complexity index is 927. The normalized spacial score (nSPS) is 12.4. The van der Waals surface area contributed by atoms with Crippen molar-refractivity contribution in [3.8, 4) is 0 Å². The predicted octanol–water partition coefficient (Wildman–Crippen LogP) is 4.83. The van der Waals surface area contributed by atoms with Crippen molar-refractivity contribution >= 4 is 21.6 Å². The summed E-state index contributed by atoms with van der Waals surface area (Å²) >= 11 is 0. The highest BCUT2D eigenvalue weighted by molar-refractivity contribution is 7.92. The summed E-state index contributed by atoms with van der Waals surface area (Å²) in [5, 5.41) is 2.95. The second-order valence-electron chi connectivity index (χ2n) is 7.81. The van der Waals surface area contributed by atoms with Gasteiger partial charge in [-0.1, -0.05) is 57.4 Å². The highest BCUT2D eigenvalue weighted by Crippen LogP contribution is 2.25. The summed E-state index contributed by atoms with van der Waals surface area (Å²) in [6.45, 7) is 8.51. The smallest absolute Gasteiger partial charge is 0.264 e. The molecule has 6 heteroatoms. The average molecular weight is 431 g/mol. The van der Waals surface area contributed by atoms with Crippen LogP contribution in [0.4, 0.5) is 5.69 Å². The summed E-state index contributed by atoms with van der Waals surface area (Å²) in [6.07, 6.45) is 4.31. The van der Waals surface area contributed by atoms with E-state index >= 15 is 0 Å². The van der Waals surface area contributed by atoms with Crippen LogP contribution in [0.5, 0.6) is 0 Å². The van der Waals surface area contributed by atoms with Crippen LogP contribution < -0.4 is 9.62 Å². The molecule has 1 atom stereocenters. The van der Waals surface area contributed by atoms with Crippen LogP contribution in [-0.2, 0) is 14.8 Å². The van der Waals surface area contributed by atoms with Gasteiger partial charge in [-0.25, -0.2) is 8.42 Å². The highest BCUT2D eigenvalue weighted by Gasteiger charge is 2.27. The molecule has 0 aromatic heterocycles. The number of anilines is 1. The number of rotatable bonds is 11. The number of hydrogen-bond donors (Lipinski definition) is 1. The van der Waals surface area contributed by atoms with E-state index in [9.17, 15) is 13.2 Å². The Hall–Kier alpha value is -2.34. The van der Waals surface area contributed by atoms with Gasteiger partial charge >= 0.3 is 0 Å². The van der Waals surface area contributed by atoms with E-state index in [2.05, 4.69) is 19.2 Å². The molecule has 0 heterocycles. The first kappa shape index (κ1) is 23.9. The van der Waals surface area contributed by atoms with E-state index in [1.165, 1.54) is 4.31 Å². The molecule has 0 spiro atoms. The van der Waals surface area contributed by atoms with Gasteiger partial charge in [0.25, 0.3) is 10.0 Å². The second kappa shape index (κ2) is 11.2. The molecule has 0 radical (unpaired) electrons. The van der Waals surface area contributed by atoms with Gasteiger partial charge in [-0.15, -0.1) is 0 Å². The predicted molar refractivity (Wildman–Crippen MR) is 123 cm³/mol. The Labute approximate surface area is 181 Å². The van der Waals surface area contributed by atoms with E-state index in [0.717, 1.165) is 36.8 Å². The van der Waals surface area contributed by atoms with Gasteiger partial charge in [0.2, 0.25) is 5.91 Å². The molecule has 1 amide bonds. The molecule has 0 saturated carbocycles. The topological polar surface area (TPSA) is 66.5 Å². The molecule has 5 nitrogen and oxygen atoms in total. The number of amides is 1. The van der Waals surface area contributed by atoms with Crippen molar-refractivity contribution in [2.75, 3.05) is 17.4 Å². The first-order valence-electron chi connectivity index (χ1n) is 10.7. The van der Waals surface area contributed by atoms with Crippen molar-refractivity contribution < 1.29 is 13.2 Å². The molecule has 0 aliphatic heterocycles. The number of sulfonamides is 1. The average Bonchev–Trinajstić information content (AvgIpc) is 2.74. The summed E-state index contributed by atoms with van der Waals surface area (Å²) in [4.78, 5) is 12.9. The molecule has 2 aromatic carbocycles. The molecule has 0 fully saturated rings. The maximum absolute atomic E-state index is 13.3. The van der Waals surface area contributed by atoms with Crippen LogP contribution in [0.25, 0.3) is 0 Å². The molecule has 2 aromatic rings. The van der Waals surface area contributed by atoms with Crippen LogP contribution in [0.1, 0.15) is 50.7 Å². The van der Waals surface area contributed by atoms with E-state index in [1.807, 2.05) is 26.0 Å². The molecular weight excluding hydrogens is 396 g/mol. The van der Waals surface area contributed by atoms with Crippen LogP contribution in [-0.4, -0.2) is 27.4 Å². The van der Waals surface area contributed by atoms with Crippen LogP contribution in [0.3, 0.4) is 0 Å². The number of nitrogens with one attached hydrogen (secondary N) is 1. The first-order chi connectivity index (χ1) is 14.3. The zero-order chi connectivity index (χ0) is 22.1. The summed E-state index contributed by atoms with van der Waals surface area (Å²) < 4.78 is 27.9. The summed E-state index contributed by atoms with van der Waals surface area (Å²) in [7, 11) is -3.86. The Morgan fingerprint density at radius 2 is 1.73 bits per heavy atom. The minimum Gasteiger partial charge on any atom is -0.354 e. The van der Waals surface area contributed by atoms with Gasteiger partial charge in [0, 0.05) is 6.54 Å². The molecule has 0 bridgehead atoms. The van der Waals surface area contributed by atoms with Crippen molar-refractivity contribution in [3.63, 3.8) is 0 Å². The fourth-order valence-corrected chi connectivity index (χ4v) is 4.74. The van der Waals surface area contributed by atoms with Crippen molar-refractivity contribution in [2.24, 2.45) is 5.92 Å². The molecule has 0 unspecified atom stereocenters. The molecule has 0 saturated heterocycles. The lowest BCUT2D eigenvalue weighted by Crippen LogP contribution is -2.42. The van der Waals surface area contributed by atoms with Crippen molar-refractivity contribution in [3.05, 3.63) is 59.7 Å². The van der Waals surface area contributed by atoms with Crippen molar-refractivity contribution in [1.29, 1.82) is 0 Å². The van der Waals surface area contributed by atoms with Crippen LogP contribution in [0.15, 0.2) is 53.4 Å². The number of carbonyl (C=O) groups excluding carboxylic acids is 1. The second-order valence-corrected chi connectivity index (χ2v) is 9.68. The van der Waals surface area contributed by atoms with E-state index < -0.39 is 10.0 Å². The summed E-state index contributed by atoms with van der Waals surface area (Å²) in [5.41, 5.74) is 2.55. The fraction of sp³-hybridized carbons (Fsp3) is 0.458. The van der Waals surface area contributed by atoms with E-state index in [-0.39, 0.29) is 17.3 Å². The van der Waals surface area contributed by atoms with Crippen LogP contribution in [0.2, 0.25) is 0 Å². The Morgan fingerprint density at radius 1 is 1.03 bits per heavy atom. The third-order valence-corrected chi connectivity index (χ3v) is 7.32. The van der Waals surface area contributed by atoms with Crippen LogP contribution >= 0.6 is 0 Å². The Balaban J connectivity index is 2.26. The molecular formula is C24H34N2O3S. The zero-order valence-corrected chi connectivity index (χ0v) is 19.3. The van der Waals surface area contributed by atoms with E-state index in [4.69, 9.17) is 0 Å². The molecule has 30 heavy (non-hydrogen) atoms. The fourth-order valence-electron chi connectivity index (χ4n) is 3.30. The largest absolute Gasteiger partial charge is 0.354 e.